The van der Waals surface area contributed by atoms with Crippen LogP contribution in [-0.4, -0.2) is 17.3 Å². The molecule has 0 saturated carbocycles. The number of aliphatic hydroxyl groups excluding tert-OH is 1. The monoisotopic (exact) mass is 341 g/mol. The summed E-state index contributed by atoms with van der Waals surface area (Å²) in [5.41, 5.74) is 8.20. The summed E-state index contributed by atoms with van der Waals surface area (Å²) in [6.45, 7) is 4.08. The van der Waals surface area contributed by atoms with E-state index in [1.165, 1.54) is 16.0 Å². The fourth-order valence-electron chi connectivity index (χ4n) is 2.37. The lowest BCUT2D eigenvalue weighted by atomic mass is 9.98. The van der Waals surface area contributed by atoms with E-state index in [1.807, 2.05) is 6.92 Å². The molecule has 1 aromatic carbocycles. The Hall–Kier alpha value is -1.60. The van der Waals surface area contributed by atoms with Gasteiger partial charge in [-0.05, 0) is 55.9 Å². The highest BCUT2D eigenvalue weighted by atomic mass is 32.1. The lowest BCUT2D eigenvalue weighted by molar-refractivity contribution is 0.201. The third-order valence-corrected chi connectivity index (χ3v) is 5.21. The van der Waals surface area contributed by atoms with Crippen LogP contribution in [0.4, 0.5) is 0 Å². The topological polar surface area (TPSA) is 46.2 Å². The molecule has 0 bridgehead atoms. The van der Waals surface area contributed by atoms with Crippen LogP contribution < -0.4 is 5.73 Å². The van der Waals surface area contributed by atoms with Crippen LogP contribution in [0.3, 0.4) is 0 Å². The van der Waals surface area contributed by atoms with Gasteiger partial charge in [0.2, 0.25) is 0 Å². The molecule has 128 valence electrons. The zero-order chi connectivity index (χ0) is 17.4. The van der Waals surface area contributed by atoms with E-state index in [-0.39, 0.29) is 6.61 Å². The van der Waals surface area contributed by atoms with E-state index < -0.39 is 5.54 Å². The Kier molecular flexibility index (Phi) is 7.05. The van der Waals surface area contributed by atoms with Gasteiger partial charge in [0, 0.05) is 16.8 Å². The fraction of sp³-hybridized carbons (Fsp3) is 0.429. The molecule has 2 nitrogen and oxygen atoms in total. The number of thiophene rings is 1. The van der Waals surface area contributed by atoms with Gasteiger partial charge in [-0.3, -0.25) is 0 Å². The first kappa shape index (κ1) is 18.7. The van der Waals surface area contributed by atoms with Gasteiger partial charge in [0.25, 0.3) is 0 Å². The van der Waals surface area contributed by atoms with Gasteiger partial charge in [-0.15, -0.1) is 11.3 Å². The van der Waals surface area contributed by atoms with Gasteiger partial charge in [0.05, 0.1) is 11.5 Å². The molecule has 0 fully saturated rings. The van der Waals surface area contributed by atoms with Gasteiger partial charge in [-0.25, -0.2) is 0 Å². The van der Waals surface area contributed by atoms with Crippen LogP contribution in [0.25, 0.3) is 0 Å². The van der Waals surface area contributed by atoms with Gasteiger partial charge in [0.15, 0.2) is 0 Å². The standard InChI is InChI=1S/C21H27NOS/c1-3-17-8-10-18(11-9-17)6-4-5-7-19-12-13-20(24-19)14-15-21(2,22)16-23/h8-13,23H,3-4,6,14-16,22H2,1-2H3. The van der Waals surface area contributed by atoms with Crippen LogP contribution in [0.2, 0.25) is 0 Å². The molecule has 1 atom stereocenters. The van der Waals surface area contributed by atoms with Crippen LogP contribution in [0.5, 0.6) is 0 Å². The molecule has 0 radical (unpaired) electrons. The molecular weight excluding hydrogens is 314 g/mol. The maximum Gasteiger partial charge on any atom is 0.0771 e. The normalized spacial score (nSPS) is 13.2. The van der Waals surface area contributed by atoms with E-state index >= 15 is 0 Å². The first-order chi connectivity index (χ1) is 11.5. The molecule has 3 heteroatoms. The number of aryl methyl sites for hydroxylation is 3. The second-order valence-electron chi connectivity index (χ2n) is 6.55. The van der Waals surface area contributed by atoms with Gasteiger partial charge in [0.1, 0.15) is 0 Å². The molecule has 1 aromatic heterocycles. The van der Waals surface area contributed by atoms with Crippen molar-refractivity contribution >= 4 is 11.3 Å². The first-order valence-electron chi connectivity index (χ1n) is 8.57. The van der Waals surface area contributed by atoms with Crippen LogP contribution in [0.15, 0.2) is 36.4 Å². The van der Waals surface area contributed by atoms with Crippen molar-refractivity contribution in [2.45, 2.75) is 51.5 Å². The van der Waals surface area contributed by atoms with Crippen LogP contribution >= 0.6 is 11.3 Å². The highest BCUT2D eigenvalue weighted by molar-refractivity contribution is 7.12. The third kappa shape index (κ3) is 6.13. The predicted molar refractivity (Wildman–Crippen MR) is 103 cm³/mol. The minimum atomic E-state index is -0.497. The number of rotatable bonds is 7. The molecule has 2 rings (SSSR count). The molecule has 2 aromatic rings. The Labute approximate surface area is 149 Å². The summed E-state index contributed by atoms with van der Waals surface area (Å²) < 4.78 is 0. The molecule has 1 unspecified atom stereocenters. The van der Waals surface area contributed by atoms with E-state index in [9.17, 15) is 5.11 Å². The highest BCUT2D eigenvalue weighted by Crippen LogP contribution is 2.19. The van der Waals surface area contributed by atoms with E-state index in [0.717, 1.165) is 37.0 Å². The van der Waals surface area contributed by atoms with Gasteiger partial charge >= 0.3 is 0 Å². The van der Waals surface area contributed by atoms with Crippen LogP contribution in [-0.2, 0) is 19.3 Å². The van der Waals surface area contributed by atoms with E-state index in [0.29, 0.717) is 0 Å². The zero-order valence-electron chi connectivity index (χ0n) is 14.6. The maximum absolute atomic E-state index is 9.20. The van der Waals surface area contributed by atoms with E-state index in [2.05, 4.69) is 55.2 Å². The van der Waals surface area contributed by atoms with Crippen molar-refractivity contribution in [3.8, 4) is 11.8 Å². The van der Waals surface area contributed by atoms with Crippen molar-refractivity contribution in [1.29, 1.82) is 0 Å². The summed E-state index contributed by atoms with van der Waals surface area (Å²) in [7, 11) is 0. The molecule has 24 heavy (non-hydrogen) atoms. The third-order valence-electron chi connectivity index (χ3n) is 4.15. The minimum absolute atomic E-state index is 0.0181. The summed E-state index contributed by atoms with van der Waals surface area (Å²) in [4.78, 5) is 2.38. The molecular formula is C21H27NOS. The summed E-state index contributed by atoms with van der Waals surface area (Å²) in [6, 6.07) is 13.0. The first-order valence-corrected chi connectivity index (χ1v) is 9.39. The molecule has 3 N–H and O–H groups in total. The number of aliphatic hydroxyl groups is 1. The summed E-state index contributed by atoms with van der Waals surface area (Å²) in [6.07, 6.45) is 4.64. The average molecular weight is 342 g/mol. The van der Waals surface area contributed by atoms with Gasteiger partial charge in [-0.2, -0.15) is 0 Å². The number of hydrogen-bond donors (Lipinski definition) is 2. The lowest BCUT2D eigenvalue weighted by Crippen LogP contribution is -2.40. The van der Waals surface area contributed by atoms with Crippen molar-refractivity contribution in [3.63, 3.8) is 0 Å². The average Bonchev–Trinajstić information content (AvgIpc) is 3.05. The quantitative estimate of drug-likeness (QED) is 0.749. The SMILES string of the molecule is CCc1ccc(CCC#Cc2ccc(CCC(C)(N)CO)s2)cc1. The molecule has 0 aliphatic heterocycles. The highest BCUT2D eigenvalue weighted by Gasteiger charge is 2.16. The van der Waals surface area contributed by atoms with Crippen LogP contribution in [0, 0.1) is 11.8 Å². The predicted octanol–water partition coefficient (Wildman–Crippen LogP) is 3.94. The number of hydrogen-bond acceptors (Lipinski definition) is 3. The van der Waals surface area contributed by atoms with Gasteiger partial charge in [-0.1, -0.05) is 43.0 Å². The minimum Gasteiger partial charge on any atom is -0.394 e. The lowest BCUT2D eigenvalue weighted by Gasteiger charge is -2.20. The Morgan fingerprint density at radius 3 is 2.46 bits per heavy atom. The second-order valence-corrected chi connectivity index (χ2v) is 7.72. The number of benzene rings is 1. The Morgan fingerprint density at radius 2 is 1.79 bits per heavy atom. The molecule has 0 amide bonds. The van der Waals surface area contributed by atoms with Crippen molar-refractivity contribution in [3.05, 3.63) is 57.3 Å². The largest absolute Gasteiger partial charge is 0.394 e. The van der Waals surface area contributed by atoms with Crippen LogP contribution in [0.1, 0.15) is 47.6 Å². The second kappa shape index (κ2) is 9.03. The number of nitrogens with two attached hydrogens (primary N) is 1. The molecule has 0 spiro atoms. The summed E-state index contributed by atoms with van der Waals surface area (Å²) >= 11 is 1.72. The Morgan fingerprint density at radius 1 is 1.08 bits per heavy atom. The van der Waals surface area contributed by atoms with Crippen molar-refractivity contribution < 1.29 is 5.11 Å². The Bertz CT molecular complexity index is 689. The van der Waals surface area contributed by atoms with E-state index in [4.69, 9.17) is 5.73 Å². The van der Waals surface area contributed by atoms with Crippen molar-refractivity contribution in [2.75, 3.05) is 6.61 Å². The fourth-order valence-corrected chi connectivity index (χ4v) is 3.25. The molecule has 0 saturated heterocycles. The van der Waals surface area contributed by atoms with Crippen molar-refractivity contribution in [2.24, 2.45) is 5.73 Å². The van der Waals surface area contributed by atoms with Gasteiger partial charge < -0.3 is 10.8 Å². The van der Waals surface area contributed by atoms with E-state index in [1.54, 1.807) is 11.3 Å². The molecule has 1 heterocycles. The zero-order valence-corrected chi connectivity index (χ0v) is 15.5. The maximum atomic E-state index is 9.20. The summed E-state index contributed by atoms with van der Waals surface area (Å²) in [5.74, 6) is 6.53. The van der Waals surface area contributed by atoms with Crippen molar-refractivity contribution in [1.82, 2.24) is 0 Å². The molecule has 0 aliphatic carbocycles. The molecule has 0 aliphatic rings. The summed E-state index contributed by atoms with van der Waals surface area (Å²) in [5, 5.41) is 9.20. The Balaban J connectivity index is 1.81. The smallest absolute Gasteiger partial charge is 0.0771 e.